The van der Waals surface area contributed by atoms with Crippen molar-refractivity contribution in [1.82, 2.24) is 14.8 Å². The Balaban J connectivity index is 1.76. The molecule has 17 heavy (non-hydrogen) atoms. The molecule has 1 unspecified atom stereocenters. The molecule has 0 radical (unpaired) electrons. The summed E-state index contributed by atoms with van der Waals surface area (Å²) in [6, 6.07) is 0.390. The number of anilines is 1. The summed E-state index contributed by atoms with van der Waals surface area (Å²) in [5.74, 6) is 3.13. The van der Waals surface area contributed by atoms with Crippen molar-refractivity contribution in [2.24, 2.45) is 11.7 Å². The highest BCUT2D eigenvalue weighted by Crippen LogP contribution is 2.31. The number of hydrogen-bond donors (Lipinski definition) is 2. The van der Waals surface area contributed by atoms with Gasteiger partial charge in [-0.3, -0.25) is 0 Å². The molecule has 1 aliphatic heterocycles. The predicted molar refractivity (Wildman–Crippen MR) is 66.9 cm³/mol. The average molecular weight is 235 g/mol. The molecule has 1 saturated carbocycles. The Bertz CT molecular complexity index is 392. The van der Waals surface area contributed by atoms with Crippen LogP contribution in [0.5, 0.6) is 0 Å². The lowest BCUT2D eigenvalue weighted by Crippen LogP contribution is -2.26. The third kappa shape index (κ3) is 2.16. The van der Waals surface area contributed by atoms with Crippen LogP contribution in [-0.4, -0.2) is 27.4 Å². The van der Waals surface area contributed by atoms with E-state index in [2.05, 4.69) is 22.3 Å². The van der Waals surface area contributed by atoms with Crippen molar-refractivity contribution < 1.29 is 0 Å². The Morgan fingerprint density at radius 3 is 2.82 bits per heavy atom. The van der Waals surface area contributed by atoms with Crippen LogP contribution in [0.3, 0.4) is 0 Å². The average Bonchev–Trinajstić information content (AvgIpc) is 2.72. The zero-order valence-corrected chi connectivity index (χ0v) is 10.4. The molecular formula is C12H21N5. The van der Waals surface area contributed by atoms with Crippen LogP contribution in [0, 0.1) is 5.92 Å². The summed E-state index contributed by atoms with van der Waals surface area (Å²) in [6.07, 6.45) is 4.50. The van der Waals surface area contributed by atoms with Gasteiger partial charge in [-0.15, -0.1) is 0 Å². The van der Waals surface area contributed by atoms with Crippen LogP contribution in [-0.2, 0) is 6.54 Å². The molecule has 5 heteroatoms. The minimum atomic E-state index is 0.390. The van der Waals surface area contributed by atoms with Crippen LogP contribution in [0.15, 0.2) is 0 Å². The second-order valence-electron chi connectivity index (χ2n) is 5.57. The van der Waals surface area contributed by atoms with Crippen LogP contribution in [0.25, 0.3) is 0 Å². The third-order valence-electron chi connectivity index (χ3n) is 3.92. The molecule has 0 spiro atoms. The Hall–Kier alpha value is -1.10. The van der Waals surface area contributed by atoms with Crippen LogP contribution in [0.2, 0.25) is 0 Å². The molecule has 5 nitrogen and oxygen atoms in total. The van der Waals surface area contributed by atoms with Crippen LogP contribution < -0.4 is 11.1 Å². The number of nitrogens with two attached hydrogens (primary N) is 1. The summed E-state index contributed by atoms with van der Waals surface area (Å²) in [7, 11) is 0. The molecule has 1 aromatic heterocycles. The van der Waals surface area contributed by atoms with E-state index in [1.165, 1.54) is 0 Å². The highest BCUT2D eigenvalue weighted by atomic mass is 15.4. The van der Waals surface area contributed by atoms with E-state index in [1.807, 2.05) is 4.68 Å². The predicted octanol–water partition coefficient (Wildman–Crippen LogP) is 1.32. The number of hydrogen-bond acceptors (Lipinski definition) is 4. The largest absolute Gasteiger partial charge is 0.354 e. The number of rotatable bonds is 1. The maximum absolute atomic E-state index is 5.93. The lowest BCUT2D eigenvalue weighted by molar-refractivity contribution is 0.380. The van der Waals surface area contributed by atoms with Gasteiger partial charge in [-0.2, -0.15) is 10.1 Å². The number of aromatic nitrogens is 3. The third-order valence-corrected chi connectivity index (χ3v) is 3.92. The van der Waals surface area contributed by atoms with Crippen molar-refractivity contribution in [3.8, 4) is 0 Å². The van der Waals surface area contributed by atoms with E-state index in [0.717, 1.165) is 50.5 Å². The molecule has 1 aromatic rings. The Labute approximate surface area is 102 Å². The molecule has 1 aliphatic carbocycles. The number of fused-ring (bicyclic) bond motifs is 1. The molecule has 3 N–H and O–H groups in total. The van der Waals surface area contributed by atoms with Gasteiger partial charge in [0, 0.05) is 25.0 Å². The molecule has 0 bridgehead atoms. The molecule has 1 fully saturated rings. The summed E-state index contributed by atoms with van der Waals surface area (Å²) in [5.41, 5.74) is 5.93. The second kappa shape index (κ2) is 4.29. The molecular weight excluding hydrogens is 214 g/mol. The zero-order chi connectivity index (χ0) is 11.8. The van der Waals surface area contributed by atoms with Gasteiger partial charge in [0.25, 0.3) is 0 Å². The summed E-state index contributed by atoms with van der Waals surface area (Å²) < 4.78 is 2.03. The highest BCUT2D eigenvalue weighted by molar-refractivity contribution is 5.28. The van der Waals surface area contributed by atoms with E-state index in [-0.39, 0.29) is 0 Å². The normalized spacial score (nSPS) is 32.9. The molecule has 94 valence electrons. The molecule has 0 aromatic carbocycles. The fourth-order valence-corrected chi connectivity index (χ4v) is 2.79. The summed E-state index contributed by atoms with van der Waals surface area (Å²) in [4.78, 5) is 4.63. The van der Waals surface area contributed by atoms with Gasteiger partial charge in [-0.05, 0) is 31.6 Å². The first-order valence-corrected chi connectivity index (χ1v) is 6.66. The number of nitrogens with one attached hydrogen (secondary N) is 1. The molecule has 1 atom stereocenters. The SMILES string of the molecule is CC1CNc2nc(C3CCC(N)CC3)nn2C1. The van der Waals surface area contributed by atoms with Crippen molar-refractivity contribution in [3.05, 3.63) is 5.82 Å². The maximum atomic E-state index is 5.93. The van der Waals surface area contributed by atoms with E-state index in [1.54, 1.807) is 0 Å². The first-order chi connectivity index (χ1) is 8.22. The van der Waals surface area contributed by atoms with Gasteiger partial charge in [-0.25, -0.2) is 4.68 Å². The van der Waals surface area contributed by atoms with Crippen LogP contribution in [0.1, 0.15) is 44.3 Å². The van der Waals surface area contributed by atoms with Crippen LogP contribution >= 0.6 is 0 Å². The summed E-state index contributed by atoms with van der Waals surface area (Å²) in [6.45, 7) is 4.23. The van der Waals surface area contributed by atoms with E-state index in [0.29, 0.717) is 17.9 Å². The lowest BCUT2D eigenvalue weighted by Gasteiger charge is -2.23. The van der Waals surface area contributed by atoms with Gasteiger partial charge in [0.05, 0.1) is 0 Å². The van der Waals surface area contributed by atoms with E-state index in [4.69, 9.17) is 5.73 Å². The Kier molecular flexibility index (Phi) is 2.78. The number of nitrogens with zero attached hydrogens (tertiary/aromatic N) is 3. The van der Waals surface area contributed by atoms with E-state index < -0.39 is 0 Å². The van der Waals surface area contributed by atoms with Crippen molar-refractivity contribution in [2.45, 2.75) is 51.1 Å². The standard InChI is InChI=1S/C12H21N5/c1-8-6-14-12-15-11(16-17(12)7-8)9-2-4-10(13)5-3-9/h8-10H,2-7,13H2,1H3,(H,14,15,16). The molecule has 2 heterocycles. The van der Waals surface area contributed by atoms with Crippen molar-refractivity contribution in [2.75, 3.05) is 11.9 Å². The van der Waals surface area contributed by atoms with Crippen molar-refractivity contribution in [3.63, 3.8) is 0 Å². The molecule has 2 aliphatic rings. The molecule has 0 saturated heterocycles. The van der Waals surface area contributed by atoms with E-state index in [9.17, 15) is 0 Å². The first kappa shape index (κ1) is 11.0. The lowest BCUT2D eigenvalue weighted by atomic mass is 9.86. The van der Waals surface area contributed by atoms with Gasteiger partial charge in [-0.1, -0.05) is 6.92 Å². The van der Waals surface area contributed by atoms with Gasteiger partial charge in [0.1, 0.15) is 0 Å². The monoisotopic (exact) mass is 235 g/mol. The van der Waals surface area contributed by atoms with Gasteiger partial charge < -0.3 is 11.1 Å². The minimum Gasteiger partial charge on any atom is -0.354 e. The second-order valence-corrected chi connectivity index (χ2v) is 5.57. The van der Waals surface area contributed by atoms with Gasteiger partial charge in [0.2, 0.25) is 5.95 Å². The van der Waals surface area contributed by atoms with Crippen molar-refractivity contribution >= 4 is 5.95 Å². The van der Waals surface area contributed by atoms with Crippen LogP contribution in [0.4, 0.5) is 5.95 Å². The van der Waals surface area contributed by atoms with Gasteiger partial charge in [0.15, 0.2) is 5.82 Å². The smallest absolute Gasteiger partial charge is 0.221 e. The summed E-state index contributed by atoms with van der Waals surface area (Å²) in [5, 5.41) is 8.00. The molecule has 0 amide bonds. The molecule has 3 rings (SSSR count). The fourth-order valence-electron chi connectivity index (χ4n) is 2.79. The first-order valence-electron chi connectivity index (χ1n) is 6.66. The Morgan fingerprint density at radius 1 is 1.29 bits per heavy atom. The Morgan fingerprint density at radius 2 is 2.06 bits per heavy atom. The van der Waals surface area contributed by atoms with Gasteiger partial charge >= 0.3 is 0 Å². The maximum Gasteiger partial charge on any atom is 0.221 e. The quantitative estimate of drug-likeness (QED) is 0.770. The zero-order valence-electron chi connectivity index (χ0n) is 10.4. The minimum absolute atomic E-state index is 0.390. The van der Waals surface area contributed by atoms with Crippen molar-refractivity contribution in [1.29, 1.82) is 0 Å². The fraction of sp³-hybridized carbons (Fsp3) is 0.833. The summed E-state index contributed by atoms with van der Waals surface area (Å²) >= 11 is 0. The highest BCUT2D eigenvalue weighted by Gasteiger charge is 2.26. The topological polar surface area (TPSA) is 68.8 Å². The van der Waals surface area contributed by atoms with E-state index >= 15 is 0 Å².